The number of hydrogen-bond acceptors (Lipinski definition) is 4. The van der Waals surface area contributed by atoms with Crippen LogP contribution in [0.15, 0.2) is 41.5 Å². The first-order valence-electron chi connectivity index (χ1n) is 7.39. The molecular formula is C17H10F4N2O3. The van der Waals surface area contributed by atoms with Crippen LogP contribution in [0.25, 0.3) is 0 Å². The number of ether oxygens (including phenoxy) is 1. The molecule has 0 saturated heterocycles. The van der Waals surface area contributed by atoms with Crippen LogP contribution in [0.5, 0.6) is 5.75 Å². The molecule has 1 amide bonds. The summed E-state index contributed by atoms with van der Waals surface area (Å²) in [7, 11) is 0. The highest BCUT2D eigenvalue weighted by Crippen LogP contribution is 2.30. The number of carbonyl (C=O) groups is 2. The zero-order chi connectivity index (χ0) is 18.8. The van der Waals surface area contributed by atoms with Crippen molar-refractivity contribution in [1.82, 2.24) is 0 Å². The van der Waals surface area contributed by atoms with Crippen LogP contribution in [0.4, 0.5) is 23.2 Å². The normalized spacial score (nSPS) is 14.2. The first-order valence-corrected chi connectivity index (χ1v) is 7.39. The highest BCUT2D eigenvalue weighted by Gasteiger charge is 2.33. The first-order chi connectivity index (χ1) is 12.4. The smallest absolute Gasteiger partial charge is 0.359 e. The minimum Gasteiger partial charge on any atom is -0.422 e. The summed E-state index contributed by atoms with van der Waals surface area (Å²) in [6.07, 6.45) is -0.498. The molecule has 0 bridgehead atoms. The maximum absolute atomic E-state index is 13.9. The summed E-state index contributed by atoms with van der Waals surface area (Å²) in [5.41, 5.74) is -1.64. The third-order valence-corrected chi connectivity index (χ3v) is 3.52. The van der Waals surface area contributed by atoms with E-state index in [1.54, 1.807) is 18.2 Å². The number of halogens is 4. The highest BCUT2D eigenvalue weighted by atomic mass is 19.2. The fourth-order valence-corrected chi connectivity index (χ4v) is 2.28. The third-order valence-electron chi connectivity index (χ3n) is 3.52. The molecule has 1 aliphatic rings. The van der Waals surface area contributed by atoms with E-state index in [1.165, 1.54) is 12.1 Å². The summed E-state index contributed by atoms with van der Waals surface area (Å²) in [4.78, 5) is 24.1. The Balaban J connectivity index is 1.97. The van der Waals surface area contributed by atoms with Crippen molar-refractivity contribution in [2.45, 2.75) is 12.8 Å². The second-order valence-corrected chi connectivity index (χ2v) is 5.27. The zero-order valence-electron chi connectivity index (χ0n) is 13.0. The number of rotatable bonds is 3. The van der Waals surface area contributed by atoms with Gasteiger partial charge in [-0.25, -0.2) is 22.4 Å². The Kier molecular flexibility index (Phi) is 4.70. The molecule has 134 valence electrons. The number of nitrogens with zero attached hydrogens (tertiary/aromatic N) is 2. The van der Waals surface area contributed by atoms with Crippen molar-refractivity contribution in [3.05, 3.63) is 59.7 Å². The average Bonchev–Trinajstić information content (AvgIpc) is 2.62. The number of amides is 1. The molecule has 0 aliphatic carbocycles. The Morgan fingerprint density at radius 1 is 1.00 bits per heavy atom. The van der Waals surface area contributed by atoms with Gasteiger partial charge in [0, 0.05) is 18.9 Å². The maximum atomic E-state index is 13.9. The standard InChI is InChI=1S/C17H10F4N2O3/c18-10-8-11(19)15(21)16(14(10)20)23-13(24)7-6-12(22-23)17(25)26-9-4-2-1-3-5-9/h1-5,8H,6-7H2. The second-order valence-electron chi connectivity index (χ2n) is 5.27. The lowest BCUT2D eigenvalue weighted by molar-refractivity contribution is -0.127. The number of hydrogen-bond donors (Lipinski definition) is 0. The third kappa shape index (κ3) is 3.28. The number of hydrazone groups is 1. The van der Waals surface area contributed by atoms with Gasteiger partial charge >= 0.3 is 5.97 Å². The van der Waals surface area contributed by atoms with Gasteiger partial charge in [0.05, 0.1) is 0 Å². The van der Waals surface area contributed by atoms with Gasteiger partial charge in [0.15, 0.2) is 23.3 Å². The number of anilines is 1. The number of benzene rings is 2. The quantitative estimate of drug-likeness (QED) is 0.362. The summed E-state index contributed by atoms with van der Waals surface area (Å²) in [6, 6.07) is 7.91. The molecule has 0 radical (unpaired) electrons. The molecule has 0 saturated carbocycles. The molecule has 3 rings (SSSR count). The molecule has 0 fully saturated rings. The van der Waals surface area contributed by atoms with E-state index in [0.717, 1.165) is 0 Å². The fourth-order valence-electron chi connectivity index (χ4n) is 2.28. The molecule has 0 spiro atoms. The Morgan fingerprint density at radius 3 is 2.23 bits per heavy atom. The van der Waals surface area contributed by atoms with Crippen LogP contribution in [0.1, 0.15) is 12.8 Å². The predicted molar refractivity (Wildman–Crippen MR) is 82.5 cm³/mol. The van der Waals surface area contributed by atoms with E-state index in [-0.39, 0.29) is 35.4 Å². The summed E-state index contributed by atoms with van der Waals surface area (Å²) in [5, 5.41) is 3.69. The van der Waals surface area contributed by atoms with E-state index in [1.807, 2.05) is 0 Å². The van der Waals surface area contributed by atoms with E-state index >= 15 is 0 Å². The second kappa shape index (κ2) is 6.95. The van der Waals surface area contributed by atoms with Crippen molar-refractivity contribution >= 4 is 23.3 Å². The Bertz CT molecular complexity index is 890. The zero-order valence-corrected chi connectivity index (χ0v) is 13.0. The average molecular weight is 366 g/mol. The molecule has 1 aliphatic heterocycles. The van der Waals surface area contributed by atoms with Crippen molar-refractivity contribution in [3.8, 4) is 5.75 Å². The fraction of sp³-hybridized carbons (Fsp3) is 0.118. The molecule has 9 heteroatoms. The van der Waals surface area contributed by atoms with E-state index < -0.39 is 40.8 Å². The lowest BCUT2D eigenvalue weighted by Crippen LogP contribution is -2.37. The van der Waals surface area contributed by atoms with Gasteiger partial charge in [0.25, 0.3) is 0 Å². The van der Waals surface area contributed by atoms with E-state index in [2.05, 4.69) is 5.10 Å². The SMILES string of the molecule is O=C(Oc1ccccc1)C1=NN(c2c(F)c(F)cc(F)c2F)C(=O)CC1. The minimum absolute atomic E-state index is 0.0108. The van der Waals surface area contributed by atoms with Gasteiger partial charge < -0.3 is 4.74 Å². The number of carbonyl (C=O) groups excluding carboxylic acids is 2. The van der Waals surface area contributed by atoms with Gasteiger partial charge in [-0.1, -0.05) is 18.2 Å². The highest BCUT2D eigenvalue weighted by molar-refractivity contribution is 6.38. The van der Waals surface area contributed by atoms with Crippen LogP contribution in [0, 0.1) is 23.3 Å². The molecule has 0 atom stereocenters. The summed E-state index contributed by atoms with van der Waals surface area (Å²) in [5.74, 6) is -8.66. The van der Waals surface area contributed by atoms with Gasteiger partial charge in [-0.05, 0) is 12.1 Å². The maximum Gasteiger partial charge on any atom is 0.359 e. The van der Waals surface area contributed by atoms with Crippen molar-refractivity contribution < 1.29 is 31.9 Å². The summed E-state index contributed by atoms with van der Waals surface area (Å²) >= 11 is 0. The number of esters is 1. The lowest BCUT2D eigenvalue weighted by Gasteiger charge is -2.23. The molecule has 1 heterocycles. The van der Waals surface area contributed by atoms with Crippen molar-refractivity contribution in [3.63, 3.8) is 0 Å². The summed E-state index contributed by atoms with van der Waals surface area (Å²) in [6.45, 7) is 0. The number of para-hydroxylation sites is 1. The monoisotopic (exact) mass is 366 g/mol. The van der Waals surface area contributed by atoms with Gasteiger partial charge in [-0.3, -0.25) is 4.79 Å². The molecule has 2 aromatic rings. The van der Waals surface area contributed by atoms with Crippen LogP contribution in [-0.2, 0) is 9.59 Å². The molecule has 0 unspecified atom stereocenters. The molecule has 5 nitrogen and oxygen atoms in total. The largest absolute Gasteiger partial charge is 0.422 e. The van der Waals surface area contributed by atoms with Gasteiger partial charge in [0.2, 0.25) is 5.91 Å². The molecule has 2 aromatic carbocycles. The van der Waals surface area contributed by atoms with Gasteiger partial charge in [-0.15, -0.1) is 0 Å². The van der Waals surface area contributed by atoms with E-state index in [0.29, 0.717) is 0 Å². The van der Waals surface area contributed by atoms with E-state index in [9.17, 15) is 27.2 Å². The first kappa shape index (κ1) is 17.6. The van der Waals surface area contributed by atoms with E-state index in [4.69, 9.17) is 4.74 Å². The summed E-state index contributed by atoms with van der Waals surface area (Å²) < 4.78 is 59.6. The Morgan fingerprint density at radius 2 is 1.62 bits per heavy atom. The minimum atomic E-state index is -1.79. The predicted octanol–water partition coefficient (Wildman–Crippen LogP) is 3.33. The molecule has 26 heavy (non-hydrogen) atoms. The lowest BCUT2D eigenvalue weighted by atomic mass is 10.1. The van der Waals surface area contributed by atoms with Crippen LogP contribution in [0.2, 0.25) is 0 Å². The van der Waals surface area contributed by atoms with Crippen LogP contribution >= 0.6 is 0 Å². The topological polar surface area (TPSA) is 59.0 Å². The van der Waals surface area contributed by atoms with Crippen molar-refractivity contribution in [2.75, 3.05) is 5.01 Å². The van der Waals surface area contributed by atoms with Gasteiger partial charge in [-0.2, -0.15) is 10.1 Å². The van der Waals surface area contributed by atoms with Gasteiger partial charge in [0.1, 0.15) is 17.1 Å². The van der Waals surface area contributed by atoms with Crippen molar-refractivity contribution in [1.29, 1.82) is 0 Å². The van der Waals surface area contributed by atoms with Crippen LogP contribution in [0.3, 0.4) is 0 Å². The van der Waals surface area contributed by atoms with Crippen LogP contribution < -0.4 is 9.75 Å². The molecular weight excluding hydrogens is 356 g/mol. The molecule has 0 aromatic heterocycles. The Labute approximate surface area is 144 Å². The molecule has 0 N–H and O–H groups in total. The van der Waals surface area contributed by atoms with Crippen LogP contribution in [-0.4, -0.2) is 17.6 Å². The van der Waals surface area contributed by atoms with Crippen molar-refractivity contribution in [2.24, 2.45) is 5.10 Å². The Hall–Kier alpha value is -3.23.